The minimum absolute atomic E-state index is 0.224. The molecular weight excluding hydrogens is 332 g/mol. The van der Waals surface area contributed by atoms with Crippen molar-refractivity contribution in [1.29, 1.82) is 0 Å². The van der Waals surface area contributed by atoms with Crippen LogP contribution >= 0.6 is 11.3 Å². The number of hydrogen-bond acceptors (Lipinski definition) is 7. The maximum absolute atomic E-state index is 12.5. The van der Waals surface area contributed by atoms with E-state index in [0.29, 0.717) is 36.3 Å². The van der Waals surface area contributed by atoms with E-state index in [1.54, 1.807) is 6.07 Å². The van der Waals surface area contributed by atoms with Crippen LogP contribution in [-0.2, 0) is 25.4 Å². The van der Waals surface area contributed by atoms with Crippen molar-refractivity contribution in [2.75, 3.05) is 26.9 Å². The maximum Gasteiger partial charge on any atom is 0.379 e. The first kappa shape index (κ1) is 16.9. The summed E-state index contributed by atoms with van der Waals surface area (Å²) in [6.07, 6.45) is 0.232. The van der Waals surface area contributed by atoms with E-state index >= 15 is 0 Å². The first-order valence-electron chi connectivity index (χ1n) is 7.68. The number of hydrogen-bond donors (Lipinski definition) is 0. The van der Waals surface area contributed by atoms with Crippen LogP contribution in [0, 0.1) is 0 Å². The fourth-order valence-corrected chi connectivity index (χ4v) is 3.79. The van der Waals surface area contributed by atoms with E-state index in [1.165, 1.54) is 18.4 Å². The van der Waals surface area contributed by atoms with E-state index in [0.717, 1.165) is 9.58 Å². The Hall–Kier alpha value is -1.96. The molecule has 0 bridgehead atoms. The van der Waals surface area contributed by atoms with Crippen LogP contribution in [0.2, 0.25) is 0 Å². The minimum Gasteiger partial charge on any atom is -0.488 e. The highest BCUT2D eigenvalue weighted by Crippen LogP contribution is 2.38. The number of esters is 1. The van der Waals surface area contributed by atoms with Crippen LogP contribution in [0.25, 0.3) is 10.1 Å². The molecule has 0 saturated carbocycles. The van der Waals surface area contributed by atoms with E-state index in [1.807, 2.05) is 19.1 Å². The van der Waals surface area contributed by atoms with Gasteiger partial charge in [-0.05, 0) is 18.6 Å². The third kappa shape index (κ3) is 3.15. The number of Topliss-reactive ketones (excluding diaryl/α,β-unsaturated/α-hetero) is 1. The molecule has 0 atom stereocenters. The summed E-state index contributed by atoms with van der Waals surface area (Å²) < 4.78 is 22.0. The number of rotatable bonds is 6. The number of carbonyl (C=O) groups excluding carboxylic acids is 2. The van der Waals surface area contributed by atoms with E-state index in [-0.39, 0.29) is 6.61 Å². The standard InChI is InChI=1S/C17H18O6S/c1-3-11-15(16(18)17(19)20-2)14-10(5-4-6-12(14)24-11)23-9-13-21-7-8-22-13/h4-6,13H,3,7-9H2,1-2H3. The number of thiophene rings is 1. The molecule has 0 N–H and O–H groups in total. The summed E-state index contributed by atoms with van der Waals surface area (Å²) in [7, 11) is 1.20. The van der Waals surface area contributed by atoms with Crippen molar-refractivity contribution in [3.05, 3.63) is 28.6 Å². The van der Waals surface area contributed by atoms with E-state index in [9.17, 15) is 9.59 Å². The maximum atomic E-state index is 12.5. The van der Waals surface area contributed by atoms with Crippen molar-refractivity contribution in [2.45, 2.75) is 19.6 Å². The number of aryl methyl sites for hydroxylation is 1. The van der Waals surface area contributed by atoms with Gasteiger partial charge in [-0.3, -0.25) is 4.79 Å². The lowest BCUT2D eigenvalue weighted by molar-refractivity contribution is -0.135. The van der Waals surface area contributed by atoms with Crippen LogP contribution < -0.4 is 4.74 Å². The zero-order chi connectivity index (χ0) is 17.1. The molecule has 128 valence electrons. The Labute approximate surface area is 143 Å². The summed E-state index contributed by atoms with van der Waals surface area (Å²) in [5.41, 5.74) is 0.369. The molecule has 0 radical (unpaired) electrons. The molecule has 1 aromatic carbocycles. The lowest BCUT2D eigenvalue weighted by Crippen LogP contribution is -2.19. The van der Waals surface area contributed by atoms with Crippen molar-refractivity contribution in [3.63, 3.8) is 0 Å². The third-order valence-corrected chi connectivity index (χ3v) is 5.03. The van der Waals surface area contributed by atoms with Crippen molar-refractivity contribution >= 4 is 33.2 Å². The largest absolute Gasteiger partial charge is 0.488 e. The molecule has 24 heavy (non-hydrogen) atoms. The van der Waals surface area contributed by atoms with Gasteiger partial charge in [-0.2, -0.15) is 0 Å². The van der Waals surface area contributed by atoms with Crippen LogP contribution in [0.15, 0.2) is 18.2 Å². The quantitative estimate of drug-likeness (QED) is 0.453. The van der Waals surface area contributed by atoms with Crippen molar-refractivity contribution in [1.82, 2.24) is 0 Å². The van der Waals surface area contributed by atoms with Crippen molar-refractivity contribution in [3.8, 4) is 5.75 Å². The normalized spacial score (nSPS) is 14.9. The van der Waals surface area contributed by atoms with Gasteiger partial charge in [-0.15, -0.1) is 11.3 Å². The third-order valence-electron chi connectivity index (χ3n) is 3.73. The Bertz CT molecular complexity index is 760. The zero-order valence-electron chi connectivity index (χ0n) is 13.5. The Kier molecular flexibility index (Phi) is 5.13. The summed E-state index contributed by atoms with van der Waals surface area (Å²) in [6, 6.07) is 5.54. The predicted molar refractivity (Wildman–Crippen MR) is 88.7 cm³/mol. The van der Waals surface area contributed by atoms with Crippen LogP contribution in [0.5, 0.6) is 5.75 Å². The van der Waals surface area contributed by atoms with E-state index < -0.39 is 18.0 Å². The van der Waals surface area contributed by atoms with Gasteiger partial charge in [-0.25, -0.2) is 4.79 Å². The Morgan fingerprint density at radius 2 is 2.04 bits per heavy atom. The molecule has 0 amide bonds. The monoisotopic (exact) mass is 350 g/mol. The highest BCUT2D eigenvalue weighted by molar-refractivity contribution is 7.19. The number of carbonyl (C=O) groups is 2. The van der Waals surface area contributed by atoms with Gasteiger partial charge >= 0.3 is 5.97 Å². The van der Waals surface area contributed by atoms with Gasteiger partial charge in [-0.1, -0.05) is 13.0 Å². The fraction of sp³-hybridized carbons (Fsp3) is 0.412. The summed E-state index contributed by atoms with van der Waals surface area (Å²) in [6.45, 7) is 3.26. The summed E-state index contributed by atoms with van der Waals surface area (Å²) in [5.74, 6) is -0.985. The first-order chi connectivity index (χ1) is 11.7. The Morgan fingerprint density at radius 1 is 1.29 bits per heavy atom. The molecule has 1 aliphatic heterocycles. The van der Waals surface area contributed by atoms with E-state index in [2.05, 4.69) is 4.74 Å². The molecule has 0 spiro atoms. The zero-order valence-corrected chi connectivity index (χ0v) is 14.3. The van der Waals surface area contributed by atoms with Crippen LogP contribution in [-0.4, -0.2) is 45.0 Å². The molecule has 1 aliphatic rings. The topological polar surface area (TPSA) is 71.1 Å². The molecule has 1 saturated heterocycles. The SMILES string of the molecule is CCc1sc2cccc(OCC3OCCO3)c2c1C(=O)C(=O)OC. The van der Waals surface area contributed by atoms with Crippen molar-refractivity contribution in [2.24, 2.45) is 0 Å². The van der Waals surface area contributed by atoms with Gasteiger partial charge in [0, 0.05) is 15.0 Å². The smallest absolute Gasteiger partial charge is 0.379 e. The number of fused-ring (bicyclic) bond motifs is 1. The molecule has 0 aliphatic carbocycles. The highest BCUT2D eigenvalue weighted by atomic mass is 32.1. The molecule has 7 heteroatoms. The van der Waals surface area contributed by atoms with Gasteiger partial charge in [0.05, 0.1) is 25.9 Å². The number of benzene rings is 1. The molecule has 0 unspecified atom stereocenters. The molecule has 1 fully saturated rings. The minimum atomic E-state index is -0.873. The fourth-order valence-electron chi connectivity index (χ4n) is 2.63. The molecular formula is C17H18O6S. The summed E-state index contributed by atoms with van der Waals surface area (Å²) in [4.78, 5) is 25.1. The average Bonchev–Trinajstić information content (AvgIpc) is 3.25. The Morgan fingerprint density at radius 3 is 2.71 bits per heavy atom. The second kappa shape index (κ2) is 7.29. The van der Waals surface area contributed by atoms with E-state index in [4.69, 9.17) is 14.2 Å². The molecule has 2 heterocycles. The average molecular weight is 350 g/mol. The summed E-state index contributed by atoms with van der Waals surface area (Å²) in [5, 5.41) is 0.646. The van der Waals surface area contributed by atoms with Gasteiger partial charge in [0.15, 0.2) is 6.29 Å². The molecule has 3 rings (SSSR count). The van der Waals surface area contributed by atoms with Crippen LogP contribution in [0.1, 0.15) is 22.2 Å². The van der Waals surface area contributed by atoms with Crippen molar-refractivity contribution < 1.29 is 28.5 Å². The first-order valence-corrected chi connectivity index (χ1v) is 8.50. The van der Waals surface area contributed by atoms with Gasteiger partial charge < -0.3 is 18.9 Å². The summed E-state index contributed by atoms with van der Waals surface area (Å²) >= 11 is 1.48. The van der Waals surface area contributed by atoms with Crippen LogP contribution in [0.4, 0.5) is 0 Å². The predicted octanol–water partition coefficient (Wildman–Crippen LogP) is 2.57. The van der Waals surface area contributed by atoms with Gasteiger partial charge in [0.1, 0.15) is 12.4 Å². The molecule has 2 aromatic rings. The lowest BCUT2D eigenvalue weighted by Gasteiger charge is -2.12. The number of ether oxygens (including phenoxy) is 4. The molecule has 1 aromatic heterocycles. The Balaban J connectivity index is 2.01. The highest BCUT2D eigenvalue weighted by Gasteiger charge is 2.27. The second-order valence-electron chi connectivity index (χ2n) is 5.19. The molecule has 6 nitrogen and oxygen atoms in total. The number of methoxy groups -OCH3 is 1. The van der Waals surface area contributed by atoms with Gasteiger partial charge in [0.2, 0.25) is 0 Å². The van der Waals surface area contributed by atoms with Gasteiger partial charge in [0.25, 0.3) is 5.78 Å². The second-order valence-corrected chi connectivity index (χ2v) is 6.32. The lowest BCUT2D eigenvalue weighted by atomic mass is 10.0. The van der Waals surface area contributed by atoms with Crippen LogP contribution in [0.3, 0.4) is 0 Å². The number of ketones is 1.